The Morgan fingerprint density at radius 1 is 1.20 bits per heavy atom. The highest BCUT2D eigenvalue weighted by Gasteiger charge is 2.23. The standard InChI is InChI=1S/C23H30FN3O3/c1-17(13-18-5-3-8-21(14-18)29-2)26-23(28)25-16-22(27-9-11-30-12-10-27)19-6-4-7-20(24)15-19/h3-8,14-15,17,22H,9-13,16H2,1-2H3,(H2,25,26,28). The molecule has 1 aliphatic rings. The molecule has 162 valence electrons. The molecule has 2 N–H and O–H groups in total. The predicted molar refractivity (Wildman–Crippen MR) is 114 cm³/mol. The number of hydrogen-bond donors (Lipinski definition) is 2. The monoisotopic (exact) mass is 415 g/mol. The lowest BCUT2D eigenvalue weighted by molar-refractivity contribution is 0.0166. The number of nitrogens with zero attached hydrogens (tertiary/aromatic N) is 1. The van der Waals surface area contributed by atoms with Crippen LogP contribution in [0, 0.1) is 5.82 Å². The molecule has 6 nitrogen and oxygen atoms in total. The van der Waals surface area contributed by atoms with Crippen LogP contribution in [0.4, 0.5) is 9.18 Å². The number of ether oxygens (including phenoxy) is 2. The summed E-state index contributed by atoms with van der Waals surface area (Å²) in [6.07, 6.45) is 0.696. The van der Waals surface area contributed by atoms with Crippen LogP contribution < -0.4 is 15.4 Å². The van der Waals surface area contributed by atoms with Crippen LogP contribution >= 0.6 is 0 Å². The molecule has 0 radical (unpaired) electrons. The number of amides is 2. The number of carbonyl (C=O) groups is 1. The van der Waals surface area contributed by atoms with E-state index in [0.29, 0.717) is 26.2 Å². The van der Waals surface area contributed by atoms with Gasteiger partial charge in [-0.15, -0.1) is 0 Å². The van der Waals surface area contributed by atoms with Crippen molar-refractivity contribution in [3.63, 3.8) is 0 Å². The van der Waals surface area contributed by atoms with Crippen LogP contribution in [0.5, 0.6) is 5.75 Å². The molecule has 0 aromatic heterocycles. The van der Waals surface area contributed by atoms with Crippen LogP contribution in [0.3, 0.4) is 0 Å². The second kappa shape index (κ2) is 10.9. The number of halogens is 1. The zero-order valence-corrected chi connectivity index (χ0v) is 17.6. The molecule has 1 saturated heterocycles. The SMILES string of the molecule is COc1cccc(CC(C)NC(=O)NCC(c2cccc(F)c2)N2CCOCC2)c1. The first kappa shape index (κ1) is 22.1. The number of urea groups is 1. The van der Waals surface area contributed by atoms with Crippen LogP contribution in [0.25, 0.3) is 0 Å². The van der Waals surface area contributed by atoms with Crippen LogP contribution in [0.1, 0.15) is 24.1 Å². The summed E-state index contributed by atoms with van der Waals surface area (Å²) in [4.78, 5) is 14.7. The van der Waals surface area contributed by atoms with Crippen molar-refractivity contribution >= 4 is 6.03 Å². The van der Waals surface area contributed by atoms with Crippen LogP contribution in [-0.4, -0.2) is 56.9 Å². The van der Waals surface area contributed by atoms with Gasteiger partial charge < -0.3 is 20.1 Å². The van der Waals surface area contributed by atoms with Gasteiger partial charge in [0.2, 0.25) is 0 Å². The summed E-state index contributed by atoms with van der Waals surface area (Å²) in [6, 6.07) is 14.0. The lowest BCUT2D eigenvalue weighted by Crippen LogP contribution is -2.47. The molecule has 7 heteroatoms. The lowest BCUT2D eigenvalue weighted by atomic mass is 10.0. The van der Waals surface area contributed by atoms with Gasteiger partial charge in [-0.3, -0.25) is 4.90 Å². The number of nitrogens with one attached hydrogen (secondary N) is 2. The highest BCUT2D eigenvalue weighted by Crippen LogP contribution is 2.22. The van der Waals surface area contributed by atoms with E-state index in [4.69, 9.17) is 9.47 Å². The molecule has 1 aliphatic heterocycles. The summed E-state index contributed by atoms with van der Waals surface area (Å²) >= 11 is 0. The largest absolute Gasteiger partial charge is 0.497 e. The summed E-state index contributed by atoms with van der Waals surface area (Å²) in [5.41, 5.74) is 1.94. The van der Waals surface area contributed by atoms with E-state index in [0.717, 1.165) is 30.0 Å². The molecule has 0 bridgehead atoms. The van der Waals surface area contributed by atoms with Gasteiger partial charge in [0.15, 0.2) is 0 Å². The molecule has 2 atom stereocenters. The normalized spacial score (nSPS) is 16.5. The minimum absolute atomic E-state index is 0.0480. The van der Waals surface area contributed by atoms with Gasteiger partial charge in [-0.1, -0.05) is 24.3 Å². The van der Waals surface area contributed by atoms with Crippen molar-refractivity contribution < 1.29 is 18.7 Å². The highest BCUT2D eigenvalue weighted by atomic mass is 19.1. The quantitative estimate of drug-likeness (QED) is 0.695. The first-order valence-electron chi connectivity index (χ1n) is 10.3. The molecular weight excluding hydrogens is 385 g/mol. The topological polar surface area (TPSA) is 62.8 Å². The zero-order chi connectivity index (χ0) is 21.3. The Morgan fingerprint density at radius 2 is 1.97 bits per heavy atom. The van der Waals surface area contributed by atoms with Gasteiger partial charge in [-0.25, -0.2) is 9.18 Å². The maximum absolute atomic E-state index is 13.8. The number of rotatable bonds is 8. The van der Waals surface area contributed by atoms with E-state index in [9.17, 15) is 9.18 Å². The fourth-order valence-electron chi connectivity index (χ4n) is 3.73. The van der Waals surface area contributed by atoms with E-state index in [-0.39, 0.29) is 23.9 Å². The molecular formula is C23H30FN3O3. The number of carbonyl (C=O) groups excluding carboxylic acids is 1. The Kier molecular flexibility index (Phi) is 8.04. The minimum Gasteiger partial charge on any atom is -0.497 e. The molecule has 2 unspecified atom stereocenters. The average molecular weight is 416 g/mol. The van der Waals surface area contributed by atoms with Crippen molar-refractivity contribution in [2.24, 2.45) is 0 Å². The number of hydrogen-bond acceptors (Lipinski definition) is 4. The first-order chi connectivity index (χ1) is 14.5. The number of methoxy groups -OCH3 is 1. The van der Waals surface area contributed by atoms with Crippen molar-refractivity contribution in [3.8, 4) is 5.75 Å². The van der Waals surface area contributed by atoms with Gasteiger partial charge in [0.25, 0.3) is 0 Å². The number of benzene rings is 2. The number of morpholine rings is 1. The van der Waals surface area contributed by atoms with E-state index >= 15 is 0 Å². The summed E-state index contributed by atoms with van der Waals surface area (Å²) in [6.45, 7) is 5.12. The molecule has 2 amide bonds. The first-order valence-corrected chi connectivity index (χ1v) is 10.3. The third kappa shape index (κ3) is 6.43. The van der Waals surface area contributed by atoms with E-state index in [1.807, 2.05) is 37.3 Å². The second-order valence-corrected chi connectivity index (χ2v) is 7.53. The third-order valence-corrected chi connectivity index (χ3v) is 5.23. The van der Waals surface area contributed by atoms with Crippen LogP contribution in [-0.2, 0) is 11.2 Å². The van der Waals surface area contributed by atoms with Crippen molar-refractivity contribution in [2.75, 3.05) is 40.0 Å². The Balaban J connectivity index is 1.56. The Morgan fingerprint density at radius 3 is 2.70 bits per heavy atom. The molecule has 0 saturated carbocycles. The molecule has 3 rings (SSSR count). The Bertz CT molecular complexity index is 827. The molecule has 0 aliphatic carbocycles. The fraction of sp³-hybridized carbons (Fsp3) is 0.435. The van der Waals surface area contributed by atoms with Crippen molar-refractivity contribution in [1.29, 1.82) is 0 Å². The van der Waals surface area contributed by atoms with Gasteiger partial charge in [-0.2, -0.15) is 0 Å². The maximum atomic E-state index is 13.8. The average Bonchev–Trinajstić information content (AvgIpc) is 2.75. The Labute approximate surface area is 177 Å². The summed E-state index contributed by atoms with van der Waals surface area (Å²) < 4.78 is 24.5. The van der Waals surface area contributed by atoms with Gasteiger partial charge in [0.05, 0.1) is 26.4 Å². The van der Waals surface area contributed by atoms with Gasteiger partial charge in [0, 0.05) is 25.7 Å². The van der Waals surface area contributed by atoms with Gasteiger partial charge >= 0.3 is 6.03 Å². The van der Waals surface area contributed by atoms with E-state index in [2.05, 4.69) is 15.5 Å². The molecule has 1 heterocycles. The van der Waals surface area contributed by atoms with E-state index < -0.39 is 0 Å². The predicted octanol–water partition coefficient (Wildman–Crippen LogP) is 3.14. The Hall–Kier alpha value is -2.64. The van der Waals surface area contributed by atoms with Crippen molar-refractivity contribution in [3.05, 3.63) is 65.5 Å². The highest BCUT2D eigenvalue weighted by molar-refractivity contribution is 5.74. The maximum Gasteiger partial charge on any atom is 0.315 e. The zero-order valence-electron chi connectivity index (χ0n) is 17.6. The van der Waals surface area contributed by atoms with Crippen molar-refractivity contribution in [2.45, 2.75) is 25.4 Å². The van der Waals surface area contributed by atoms with Crippen LogP contribution in [0.15, 0.2) is 48.5 Å². The fourth-order valence-corrected chi connectivity index (χ4v) is 3.73. The third-order valence-electron chi connectivity index (χ3n) is 5.23. The molecule has 0 spiro atoms. The summed E-state index contributed by atoms with van der Waals surface area (Å²) in [5.74, 6) is 0.523. The van der Waals surface area contributed by atoms with Gasteiger partial charge in [-0.05, 0) is 48.7 Å². The van der Waals surface area contributed by atoms with Gasteiger partial charge in [0.1, 0.15) is 11.6 Å². The summed E-state index contributed by atoms with van der Waals surface area (Å²) in [7, 11) is 1.64. The smallest absolute Gasteiger partial charge is 0.315 e. The molecule has 2 aromatic rings. The molecule has 30 heavy (non-hydrogen) atoms. The molecule has 1 fully saturated rings. The van der Waals surface area contributed by atoms with E-state index in [1.54, 1.807) is 13.2 Å². The summed E-state index contributed by atoms with van der Waals surface area (Å²) in [5, 5.41) is 5.94. The van der Waals surface area contributed by atoms with Crippen molar-refractivity contribution in [1.82, 2.24) is 15.5 Å². The second-order valence-electron chi connectivity index (χ2n) is 7.53. The van der Waals surface area contributed by atoms with Crippen LogP contribution in [0.2, 0.25) is 0 Å². The molecule has 2 aromatic carbocycles. The lowest BCUT2D eigenvalue weighted by Gasteiger charge is -2.35. The van der Waals surface area contributed by atoms with E-state index in [1.165, 1.54) is 12.1 Å². The minimum atomic E-state index is -0.276.